The maximum absolute atomic E-state index is 13.4. The smallest absolute Gasteiger partial charge is 0.254 e. The molecule has 2 aromatic carbocycles. The van der Waals surface area contributed by atoms with Gasteiger partial charge in [-0.05, 0) is 68.0 Å². The second-order valence-electron chi connectivity index (χ2n) is 12.2. The lowest BCUT2D eigenvalue weighted by atomic mass is 9.86. The molecule has 6 nitrogen and oxygen atoms in total. The monoisotopic (exact) mass is 502 g/mol. The van der Waals surface area contributed by atoms with E-state index in [2.05, 4.69) is 66.8 Å². The summed E-state index contributed by atoms with van der Waals surface area (Å²) >= 11 is 0. The van der Waals surface area contributed by atoms with E-state index in [1.165, 1.54) is 0 Å². The van der Waals surface area contributed by atoms with Gasteiger partial charge in [0.15, 0.2) is 0 Å². The quantitative estimate of drug-likeness (QED) is 0.414. The van der Waals surface area contributed by atoms with Crippen LogP contribution in [-0.2, 0) is 15.6 Å². The van der Waals surface area contributed by atoms with Crippen molar-refractivity contribution in [2.45, 2.75) is 86.1 Å². The average Bonchev–Trinajstić information content (AvgIpc) is 3.22. The molecule has 0 aliphatic carbocycles. The Balaban J connectivity index is 1.88. The summed E-state index contributed by atoms with van der Waals surface area (Å²) in [6.45, 7) is 20.6. The number of carbonyl (C=O) groups is 2. The molecule has 3 rings (SSSR count). The van der Waals surface area contributed by atoms with E-state index in [4.69, 9.17) is 5.10 Å². The van der Waals surface area contributed by atoms with Crippen LogP contribution in [0.1, 0.15) is 88.1 Å². The number of hydrogen-bond acceptors (Lipinski definition) is 3. The number of nitrogens with zero attached hydrogens (tertiary/aromatic N) is 3. The summed E-state index contributed by atoms with van der Waals surface area (Å²) in [5.74, 6) is 0.165. The van der Waals surface area contributed by atoms with Gasteiger partial charge in [0.25, 0.3) is 5.91 Å². The highest BCUT2D eigenvalue weighted by Crippen LogP contribution is 2.28. The third-order valence-electron chi connectivity index (χ3n) is 6.75. The zero-order chi connectivity index (χ0) is 27.7. The van der Waals surface area contributed by atoms with Crippen molar-refractivity contribution in [2.24, 2.45) is 0 Å². The Morgan fingerprint density at radius 1 is 0.946 bits per heavy atom. The lowest BCUT2D eigenvalue weighted by Crippen LogP contribution is -2.42. The summed E-state index contributed by atoms with van der Waals surface area (Å²) in [5, 5.41) is 7.89. The number of anilines is 1. The fraction of sp³-hybridized carbons (Fsp3) is 0.452. The standard InChI is InChI=1S/C31H42N4O2/c1-20(2)34(29(37)23-14-16-24(17-15-23)30(5,6)7)19-28(36)32-27-18-26(31(8,9)10)33-35(27)25-13-11-12-21(3)22(25)4/h11-18,20H,19H2,1-10H3,(H,32,36). The van der Waals surface area contributed by atoms with Crippen LogP contribution in [0.15, 0.2) is 48.5 Å². The summed E-state index contributed by atoms with van der Waals surface area (Å²) in [6, 6.07) is 15.5. The summed E-state index contributed by atoms with van der Waals surface area (Å²) < 4.78 is 1.80. The summed E-state index contributed by atoms with van der Waals surface area (Å²) in [6.07, 6.45) is 0. The maximum atomic E-state index is 13.4. The SMILES string of the molecule is Cc1cccc(-n2nc(C(C)(C)C)cc2NC(=O)CN(C(=O)c2ccc(C(C)(C)C)cc2)C(C)C)c1C. The Bertz CT molecular complexity index is 1270. The molecule has 37 heavy (non-hydrogen) atoms. The van der Waals surface area contributed by atoms with Gasteiger partial charge < -0.3 is 10.2 Å². The van der Waals surface area contributed by atoms with E-state index in [0.717, 1.165) is 28.1 Å². The fourth-order valence-electron chi connectivity index (χ4n) is 4.09. The van der Waals surface area contributed by atoms with Gasteiger partial charge >= 0.3 is 0 Å². The molecule has 0 bridgehead atoms. The first-order valence-electron chi connectivity index (χ1n) is 13.0. The van der Waals surface area contributed by atoms with Crippen LogP contribution in [0.3, 0.4) is 0 Å². The van der Waals surface area contributed by atoms with Crippen LogP contribution in [0.2, 0.25) is 0 Å². The van der Waals surface area contributed by atoms with Crippen LogP contribution in [0.25, 0.3) is 5.69 Å². The molecular weight excluding hydrogens is 460 g/mol. The normalized spacial score (nSPS) is 12.1. The molecule has 0 aliphatic rings. The lowest BCUT2D eigenvalue weighted by Gasteiger charge is -2.27. The van der Waals surface area contributed by atoms with Gasteiger partial charge in [-0.2, -0.15) is 5.10 Å². The second-order valence-corrected chi connectivity index (χ2v) is 12.2. The largest absolute Gasteiger partial charge is 0.327 e. The van der Waals surface area contributed by atoms with Crippen LogP contribution in [0, 0.1) is 13.8 Å². The topological polar surface area (TPSA) is 67.2 Å². The van der Waals surface area contributed by atoms with Gasteiger partial charge in [-0.25, -0.2) is 4.68 Å². The first-order chi connectivity index (χ1) is 17.1. The molecule has 0 aliphatic heterocycles. The van der Waals surface area contributed by atoms with Crippen molar-refractivity contribution < 1.29 is 9.59 Å². The van der Waals surface area contributed by atoms with Crippen molar-refractivity contribution in [1.82, 2.24) is 14.7 Å². The number of amides is 2. The molecule has 0 unspecified atom stereocenters. The highest BCUT2D eigenvalue weighted by Gasteiger charge is 2.25. The molecule has 0 fully saturated rings. The Labute approximate surface area is 222 Å². The van der Waals surface area contributed by atoms with E-state index in [-0.39, 0.29) is 35.2 Å². The van der Waals surface area contributed by atoms with Crippen LogP contribution in [-0.4, -0.2) is 39.1 Å². The molecule has 0 saturated carbocycles. The number of aryl methyl sites for hydroxylation is 1. The highest BCUT2D eigenvalue weighted by atomic mass is 16.2. The first-order valence-corrected chi connectivity index (χ1v) is 13.0. The zero-order valence-electron chi connectivity index (χ0n) is 24.1. The number of hydrogen-bond donors (Lipinski definition) is 1. The van der Waals surface area contributed by atoms with Crippen molar-refractivity contribution in [3.05, 3.63) is 76.5 Å². The van der Waals surface area contributed by atoms with E-state index >= 15 is 0 Å². The Kier molecular flexibility index (Phi) is 8.01. The molecule has 6 heteroatoms. The molecule has 198 valence electrons. The highest BCUT2D eigenvalue weighted by molar-refractivity contribution is 5.99. The van der Waals surface area contributed by atoms with E-state index in [1.807, 2.05) is 56.3 Å². The Morgan fingerprint density at radius 2 is 1.57 bits per heavy atom. The van der Waals surface area contributed by atoms with Crippen LogP contribution < -0.4 is 5.32 Å². The predicted molar refractivity (Wildman–Crippen MR) is 152 cm³/mol. The third kappa shape index (κ3) is 6.48. The third-order valence-corrected chi connectivity index (χ3v) is 6.75. The van der Waals surface area contributed by atoms with Gasteiger partial charge in [-0.3, -0.25) is 9.59 Å². The van der Waals surface area contributed by atoms with E-state index in [9.17, 15) is 9.59 Å². The lowest BCUT2D eigenvalue weighted by molar-refractivity contribution is -0.117. The maximum Gasteiger partial charge on any atom is 0.254 e. The van der Waals surface area contributed by atoms with Crippen molar-refractivity contribution in [1.29, 1.82) is 0 Å². The number of carbonyl (C=O) groups excluding carboxylic acids is 2. The van der Waals surface area contributed by atoms with Gasteiger partial charge in [0, 0.05) is 23.1 Å². The van der Waals surface area contributed by atoms with Crippen molar-refractivity contribution >= 4 is 17.6 Å². The summed E-state index contributed by atoms with van der Waals surface area (Å²) in [7, 11) is 0. The van der Waals surface area contributed by atoms with Crippen molar-refractivity contribution in [3.8, 4) is 5.69 Å². The minimum atomic E-state index is -0.264. The average molecular weight is 503 g/mol. The molecule has 3 aromatic rings. The number of rotatable bonds is 6. The minimum Gasteiger partial charge on any atom is -0.327 e. The van der Waals surface area contributed by atoms with Gasteiger partial charge in [-0.15, -0.1) is 0 Å². The van der Waals surface area contributed by atoms with E-state index in [0.29, 0.717) is 11.4 Å². The molecular formula is C31H42N4O2. The molecule has 2 amide bonds. The number of nitrogens with one attached hydrogen (secondary N) is 1. The van der Waals surface area contributed by atoms with Gasteiger partial charge in [0.2, 0.25) is 5.91 Å². The number of benzene rings is 2. The van der Waals surface area contributed by atoms with Gasteiger partial charge in [0.1, 0.15) is 12.4 Å². The summed E-state index contributed by atoms with van der Waals surface area (Å²) in [4.78, 5) is 28.3. The van der Waals surface area contributed by atoms with Gasteiger partial charge in [0.05, 0.1) is 11.4 Å². The molecule has 0 radical (unpaired) electrons. The van der Waals surface area contributed by atoms with Crippen LogP contribution in [0.4, 0.5) is 5.82 Å². The fourth-order valence-corrected chi connectivity index (χ4v) is 4.09. The zero-order valence-corrected chi connectivity index (χ0v) is 24.1. The van der Waals surface area contributed by atoms with Crippen LogP contribution >= 0.6 is 0 Å². The molecule has 1 heterocycles. The Hall–Kier alpha value is -3.41. The van der Waals surface area contributed by atoms with E-state index in [1.54, 1.807) is 9.58 Å². The minimum absolute atomic E-state index is 0.00368. The first kappa shape index (κ1) is 28.2. The number of aromatic nitrogens is 2. The second kappa shape index (κ2) is 10.5. The summed E-state index contributed by atoms with van der Waals surface area (Å²) in [5.41, 5.74) is 5.58. The predicted octanol–water partition coefficient (Wildman–Crippen LogP) is 6.57. The molecule has 1 N–H and O–H groups in total. The molecule has 0 atom stereocenters. The van der Waals surface area contributed by atoms with Crippen molar-refractivity contribution in [2.75, 3.05) is 11.9 Å². The van der Waals surface area contributed by atoms with E-state index < -0.39 is 0 Å². The molecule has 0 saturated heterocycles. The molecule has 1 aromatic heterocycles. The molecule has 0 spiro atoms. The van der Waals surface area contributed by atoms with Crippen LogP contribution in [0.5, 0.6) is 0 Å². The van der Waals surface area contributed by atoms with Gasteiger partial charge in [-0.1, -0.05) is 65.8 Å². The Morgan fingerprint density at radius 3 is 2.11 bits per heavy atom. The van der Waals surface area contributed by atoms with Crippen molar-refractivity contribution in [3.63, 3.8) is 0 Å².